The second-order valence-corrected chi connectivity index (χ2v) is 6.56. The van der Waals surface area contributed by atoms with Gasteiger partial charge in [0, 0.05) is 13.2 Å². The Hall–Kier alpha value is -1.11. The first-order chi connectivity index (χ1) is 9.36. The Balaban J connectivity index is 2.67. The van der Waals surface area contributed by atoms with Crippen molar-refractivity contribution in [2.24, 2.45) is 0 Å². The van der Waals surface area contributed by atoms with Gasteiger partial charge in [-0.05, 0) is 44.9 Å². The molecule has 0 saturated carbocycles. The Labute approximate surface area is 121 Å². The molecular formula is C14H23NO4S. The Morgan fingerprint density at radius 3 is 2.60 bits per heavy atom. The Kier molecular flexibility index (Phi) is 6.45. The van der Waals surface area contributed by atoms with Crippen LogP contribution >= 0.6 is 0 Å². The lowest BCUT2D eigenvalue weighted by Crippen LogP contribution is -2.26. The van der Waals surface area contributed by atoms with Gasteiger partial charge in [-0.25, -0.2) is 13.1 Å². The van der Waals surface area contributed by atoms with Gasteiger partial charge in [-0.3, -0.25) is 0 Å². The van der Waals surface area contributed by atoms with Gasteiger partial charge in [0.05, 0.1) is 13.2 Å². The molecule has 0 saturated heterocycles. The molecule has 114 valence electrons. The van der Waals surface area contributed by atoms with Gasteiger partial charge in [-0.15, -0.1) is 0 Å². The van der Waals surface area contributed by atoms with Crippen molar-refractivity contribution >= 4 is 10.0 Å². The number of methoxy groups -OCH3 is 1. The molecule has 20 heavy (non-hydrogen) atoms. The van der Waals surface area contributed by atoms with Crippen LogP contribution in [0.25, 0.3) is 0 Å². The lowest BCUT2D eigenvalue weighted by Gasteiger charge is -2.12. The van der Waals surface area contributed by atoms with Gasteiger partial charge in [0.15, 0.2) is 0 Å². The van der Waals surface area contributed by atoms with Crippen molar-refractivity contribution in [2.75, 3.05) is 20.3 Å². The van der Waals surface area contributed by atoms with E-state index in [1.807, 2.05) is 26.8 Å². The summed E-state index contributed by atoms with van der Waals surface area (Å²) in [5, 5.41) is 0. The second-order valence-electron chi connectivity index (χ2n) is 4.83. The number of hydrogen-bond acceptors (Lipinski definition) is 4. The highest BCUT2D eigenvalue weighted by Crippen LogP contribution is 2.24. The van der Waals surface area contributed by atoms with Gasteiger partial charge in [-0.2, -0.15) is 0 Å². The summed E-state index contributed by atoms with van der Waals surface area (Å²) >= 11 is 0. The van der Waals surface area contributed by atoms with E-state index >= 15 is 0 Å². The zero-order valence-corrected chi connectivity index (χ0v) is 13.3. The third-order valence-electron chi connectivity index (χ3n) is 2.67. The largest absolute Gasteiger partial charge is 0.495 e. The summed E-state index contributed by atoms with van der Waals surface area (Å²) in [6.07, 6.45) is 0.786. The van der Waals surface area contributed by atoms with Crippen molar-refractivity contribution in [3.05, 3.63) is 23.8 Å². The van der Waals surface area contributed by atoms with Crippen molar-refractivity contribution in [3.8, 4) is 5.75 Å². The fourth-order valence-corrected chi connectivity index (χ4v) is 3.00. The number of rotatable bonds is 8. The summed E-state index contributed by atoms with van der Waals surface area (Å²) in [5.74, 6) is 0.349. The van der Waals surface area contributed by atoms with Crippen LogP contribution in [0, 0.1) is 6.92 Å². The van der Waals surface area contributed by atoms with Crippen LogP contribution in [-0.2, 0) is 14.8 Å². The van der Waals surface area contributed by atoms with Gasteiger partial charge in [0.2, 0.25) is 10.0 Å². The number of nitrogens with one attached hydrogen (secondary N) is 1. The van der Waals surface area contributed by atoms with Gasteiger partial charge < -0.3 is 9.47 Å². The average Bonchev–Trinajstić information content (AvgIpc) is 2.37. The molecule has 0 atom stereocenters. The predicted molar refractivity (Wildman–Crippen MR) is 78.6 cm³/mol. The molecule has 0 aliphatic rings. The summed E-state index contributed by atoms with van der Waals surface area (Å²) in [5.41, 5.74) is 0.870. The highest BCUT2D eigenvalue weighted by atomic mass is 32.2. The predicted octanol–water partition coefficient (Wildman–Crippen LogP) is 2.10. The Bertz CT molecular complexity index is 526. The van der Waals surface area contributed by atoms with Crippen LogP contribution in [0.4, 0.5) is 0 Å². The van der Waals surface area contributed by atoms with Gasteiger partial charge in [0.25, 0.3) is 0 Å². The fraction of sp³-hybridized carbons (Fsp3) is 0.571. The van der Waals surface area contributed by atoms with E-state index in [0.29, 0.717) is 25.3 Å². The highest BCUT2D eigenvalue weighted by Gasteiger charge is 2.18. The van der Waals surface area contributed by atoms with Crippen molar-refractivity contribution < 1.29 is 17.9 Å². The molecule has 0 bridgehead atoms. The quantitative estimate of drug-likeness (QED) is 0.747. The molecule has 1 aromatic rings. The normalized spacial score (nSPS) is 11.8. The fourth-order valence-electron chi connectivity index (χ4n) is 1.67. The number of aryl methyl sites for hydroxylation is 1. The molecule has 0 fully saturated rings. The van der Waals surface area contributed by atoms with E-state index in [4.69, 9.17) is 9.47 Å². The van der Waals surface area contributed by atoms with Crippen molar-refractivity contribution in [3.63, 3.8) is 0 Å². The molecule has 0 amide bonds. The molecule has 0 spiro atoms. The van der Waals surface area contributed by atoms with Crippen LogP contribution in [0.3, 0.4) is 0 Å². The smallest absolute Gasteiger partial charge is 0.244 e. The average molecular weight is 301 g/mol. The molecule has 6 heteroatoms. The maximum Gasteiger partial charge on any atom is 0.244 e. The van der Waals surface area contributed by atoms with Crippen molar-refractivity contribution in [1.82, 2.24) is 4.72 Å². The van der Waals surface area contributed by atoms with E-state index in [2.05, 4.69) is 4.72 Å². The minimum absolute atomic E-state index is 0.156. The van der Waals surface area contributed by atoms with E-state index < -0.39 is 10.0 Å². The number of sulfonamides is 1. The molecule has 1 rings (SSSR count). The molecule has 0 radical (unpaired) electrons. The highest BCUT2D eigenvalue weighted by molar-refractivity contribution is 7.89. The second kappa shape index (κ2) is 7.61. The third-order valence-corrected chi connectivity index (χ3v) is 4.16. The van der Waals surface area contributed by atoms with Crippen LogP contribution in [0.15, 0.2) is 23.1 Å². The van der Waals surface area contributed by atoms with Crippen molar-refractivity contribution in [1.29, 1.82) is 0 Å². The Morgan fingerprint density at radius 1 is 1.30 bits per heavy atom. The molecule has 5 nitrogen and oxygen atoms in total. The number of hydrogen-bond donors (Lipinski definition) is 1. The SMILES string of the molecule is COc1ccc(C)cc1S(=O)(=O)NCCCOC(C)C. The summed E-state index contributed by atoms with van der Waals surface area (Å²) in [4.78, 5) is 0.171. The monoisotopic (exact) mass is 301 g/mol. The molecular weight excluding hydrogens is 278 g/mol. The van der Waals surface area contributed by atoms with Crippen LogP contribution < -0.4 is 9.46 Å². The van der Waals surface area contributed by atoms with Gasteiger partial charge in [-0.1, -0.05) is 6.07 Å². The minimum atomic E-state index is -3.56. The zero-order chi connectivity index (χ0) is 15.2. The standard InChI is InChI=1S/C14H23NO4S/c1-11(2)19-9-5-8-15-20(16,17)14-10-12(3)6-7-13(14)18-4/h6-7,10-11,15H,5,8-9H2,1-4H3. The molecule has 0 unspecified atom stereocenters. The van der Waals surface area contributed by atoms with Crippen LogP contribution in [0.2, 0.25) is 0 Å². The van der Waals surface area contributed by atoms with E-state index in [1.165, 1.54) is 7.11 Å². The number of ether oxygens (including phenoxy) is 2. The summed E-state index contributed by atoms with van der Waals surface area (Å²) < 4.78 is 37.5. The van der Waals surface area contributed by atoms with E-state index in [9.17, 15) is 8.42 Å². The molecule has 0 aromatic heterocycles. The minimum Gasteiger partial charge on any atom is -0.495 e. The zero-order valence-electron chi connectivity index (χ0n) is 12.5. The van der Waals surface area contributed by atoms with Crippen LogP contribution in [0.5, 0.6) is 5.75 Å². The lowest BCUT2D eigenvalue weighted by atomic mass is 10.2. The van der Waals surface area contributed by atoms with E-state index in [-0.39, 0.29) is 11.0 Å². The summed E-state index contributed by atoms with van der Waals surface area (Å²) in [7, 11) is -2.10. The molecule has 1 aromatic carbocycles. The van der Waals surface area contributed by atoms with Crippen LogP contribution in [-0.4, -0.2) is 34.8 Å². The maximum absolute atomic E-state index is 12.2. The molecule has 0 aliphatic heterocycles. The molecule has 0 aliphatic carbocycles. The Morgan fingerprint density at radius 2 is 2.00 bits per heavy atom. The molecule has 1 N–H and O–H groups in total. The summed E-state index contributed by atoms with van der Waals surface area (Å²) in [6.45, 7) is 6.61. The molecule has 0 heterocycles. The van der Waals surface area contributed by atoms with Crippen molar-refractivity contribution in [2.45, 2.75) is 38.2 Å². The van der Waals surface area contributed by atoms with Crippen LogP contribution in [0.1, 0.15) is 25.8 Å². The van der Waals surface area contributed by atoms with E-state index in [1.54, 1.807) is 12.1 Å². The topological polar surface area (TPSA) is 64.6 Å². The number of benzene rings is 1. The first kappa shape index (κ1) is 16.9. The maximum atomic E-state index is 12.2. The lowest BCUT2D eigenvalue weighted by molar-refractivity contribution is 0.0778. The first-order valence-corrected chi connectivity index (χ1v) is 8.11. The third kappa shape index (κ3) is 5.11. The van der Waals surface area contributed by atoms with Gasteiger partial charge in [0.1, 0.15) is 10.6 Å². The summed E-state index contributed by atoms with van der Waals surface area (Å²) in [6, 6.07) is 5.08. The first-order valence-electron chi connectivity index (χ1n) is 6.62. The van der Waals surface area contributed by atoms with E-state index in [0.717, 1.165) is 5.56 Å². The van der Waals surface area contributed by atoms with Gasteiger partial charge >= 0.3 is 0 Å².